The van der Waals surface area contributed by atoms with Gasteiger partial charge in [-0.3, -0.25) is 0 Å². The van der Waals surface area contributed by atoms with Gasteiger partial charge in [-0.15, -0.1) is 0 Å². The van der Waals surface area contributed by atoms with Crippen LogP contribution < -0.4 is 26.2 Å². The van der Waals surface area contributed by atoms with E-state index < -0.39 is 0 Å². The summed E-state index contributed by atoms with van der Waals surface area (Å²) in [5, 5.41) is 7.34. The van der Waals surface area contributed by atoms with Crippen LogP contribution in [0.2, 0.25) is 0 Å². The van der Waals surface area contributed by atoms with Crippen LogP contribution in [-0.2, 0) is 21.7 Å². The molecule has 0 saturated carbocycles. The molecule has 16 aromatic carbocycles. The molecule has 21 rings (SSSR count). The molecule has 0 spiro atoms. The Morgan fingerprint density at radius 2 is 0.598 bits per heavy atom. The van der Waals surface area contributed by atoms with Gasteiger partial charge in [0.25, 0.3) is 6.71 Å². The molecule has 0 amide bonds. The van der Waals surface area contributed by atoms with E-state index in [2.05, 4.69) is 448 Å². The van der Waals surface area contributed by atoms with E-state index in [1.165, 1.54) is 121 Å². The minimum absolute atomic E-state index is 0.0858. The fourth-order valence-corrected chi connectivity index (χ4v) is 19.4. The Bertz CT molecular complexity index is 7130. The first-order valence-corrected chi connectivity index (χ1v) is 41.7. The van der Waals surface area contributed by atoms with Gasteiger partial charge >= 0.3 is 0 Å². The van der Waals surface area contributed by atoms with Gasteiger partial charge in [-0.05, 0) is 207 Å². The SMILES string of the molecule is CC(C)(C)c1cc(-c2ccccc2)c(N2c3ccc(-c4ccccc4)cc3B3c4ccc(-n5c6ccc(C(C)(C)C)cc6c6cc(C(C)(C)C)ccc65)cc4N(c4c(-c5ccccc5)cc(C(C)(C)C)cc4-c4cccc(-c5ccccc5)c4)c4c3c2c2c3ccccc3n3c5ccccc5c4c23)c(-c2cccc(-c3ccccc3)c2)c1. The lowest BCUT2D eigenvalue weighted by Gasteiger charge is -2.46. The summed E-state index contributed by atoms with van der Waals surface area (Å²) in [5.74, 6) is 0. The van der Waals surface area contributed by atoms with Crippen LogP contribution in [0.1, 0.15) is 105 Å². The van der Waals surface area contributed by atoms with E-state index in [1.54, 1.807) is 0 Å². The molecule has 3 aromatic heterocycles. The Hall–Kier alpha value is -13.2. The van der Waals surface area contributed by atoms with Gasteiger partial charge in [0, 0.05) is 71.6 Å². The van der Waals surface area contributed by atoms with Crippen LogP contribution in [0.3, 0.4) is 0 Å². The Morgan fingerprint density at radius 1 is 0.231 bits per heavy atom. The maximum Gasteiger partial charge on any atom is 0.252 e. The normalized spacial score (nSPS) is 13.1. The van der Waals surface area contributed by atoms with Gasteiger partial charge in [-0.25, -0.2) is 0 Å². The summed E-state index contributed by atoms with van der Waals surface area (Å²) >= 11 is 0. The molecule has 0 aliphatic carbocycles. The summed E-state index contributed by atoms with van der Waals surface area (Å²) in [4.78, 5) is 5.64. The van der Waals surface area contributed by atoms with Gasteiger partial charge in [0.05, 0.1) is 50.3 Å². The molecule has 2 aliphatic rings. The number of hydrogen-bond acceptors (Lipinski definition) is 2. The fourth-order valence-electron chi connectivity index (χ4n) is 19.4. The van der Waals surface area contributed by atoms with Crippen LogP contribution in [0.15, 0.2) is 346 Å². The van der Waals surface area contributed by atoms with Gasteiger partial charge in [-0.2, -0.15) is 0 Å². The molecule has 0 saturated heterocycles. The van der Waals surface area contributed by atoms with Crippen molar-refractivity contribution in [2.75, 3.05) is 9.80 Å². The minimum Gasteiger partial charge on any atom is -0.309 e. The van der Waals surface area contributed by atoms with E-state index in [9.17, 15) is 0 Å². The Kier molecular flexibility index (Phi) is 16.3. The maximum absolute atomic E-state index is 2.84. The van der Waals surface area contributed by atoms with E-state index in [0.29, 0.717) is 0 Å². The van der Waals surface area contributed by atoms with E-state index in [0.717, 1.165) is 95.3 Å². The van der Waals surface area contributed by atoms with E-state index in [4.69, 9.17) is 0 Å². The average Bonchev–Trinajstić information content (AvgIpc) is 1.53. The van der Waals surface area contributed by atoms with Gasteiger partial charge in [-0.1, -0.05) is 338 Å². The smallest absolute Gasteiger partial charge is 0.252 e. The number of para-hydroxylation sites is 2. The quantitative estimate of drug-likeness (QED) is 0.127. The maximum atomic E-state index is 2.84. The number of hydrogen-bond donors (Lipinski definition) is 0. The number of rotatable bonds is 10. The molecule has 117 heavy (non-hydrogen) atoms. The third-order valence-electron chi connectivity index (χ3n) is 25.4. The third kappa shape index (κ3) is 11.5. The topological polar surface area (TPSA) is 15.8 Å². The zero-order chi connectivity index (χ0) is 79.7. The van der Waals surface area contributed by atoms with Crippen LogP contribution in [0.4, 0.5) is 34.1 Å². The Morgan fingerprint density at radius 3 is 1.03 bits per heavy atom. The zero-order valence-electron chi connectivity index (χ0n) is 68.8. The summed E-state index contributed by atoms with van der Waals surface area (Å²) in [6, 6.07) is 133. The molecule has 564 valence electrons. The van der Waals surface area contributed by atoms with Crippen molar-refractivity contribution >= 4 is 117 Å². The molecule has 5 heteroatoms. The second-order valence-electron chi connectivity index (χ2n) is 36.8. The summed E-state index contributed by atoms with van der Waals surface area (Å²) in [5.41, 5.74) is 38.1. The number of anilines is 6. The molecule has 0 radical (unpaired) electrons. The highest BCUT2D eigenvalue weighted by Crippen LogP contribution is 2.60. The minimum atomic E-state index is -0.347. The molecule has 2 aliphatic heterocycles. The molecule has 0 fully saturated rings. The van der Waals surface area contributed by atoms with Crippen molar-refractivity contribution in [1.29, 1.82) is 0 Å². The van der Waals surface area contributed by atoms with E-state index in [-0.39, 0.29) is 28.4 Å². The molecule has 0 atom stereocenters. The zero-order valence-corrected chi connectivity index (χ0v) is 68.8. The first-order valence-electron chi connectivity index (χ1n) is 41.7. The van der Waals surface area contributed by atoms with Crippen molar-refractivity contribution < 1.29 is 0 Å². The van der Waals surface area contributed by atoms with Crippen LogP contribution in [0, 0.1) is 0 Å². The predicted molar refractivity (Wildman–Crippen MR) is 502 cm³/mol. The lowest BCUT2D eigenvalue weighted by atomic mass is 9.33. The van der Waals surface area contributed by atoms with Crippen LogP contribution in [-0.4, -0.2) is 15.7 Å². The summed E-state index contributed by atoms with van der Waals surface area (Å²) < 4.78 is 5.23. The van der Waals surface area contributed by atoms with Crippen molar-refractivity contribution in [3.05, 3.63) is 368 Å². The van der Waals surface area contributed by atoms with Crippen LogP contribution in [0.25, 0.3) is 143 Å². The lowest BCUT2D eigenvalue weighted by molar-refractivity contribution is 0.590. The van der Waals surface area contributed by atoms with E-state index in [1.807, 2.05) is 0 Å². The highest BCUT2D eigenvalue weighted by Gasteiger charge is 2.49. The van der Waals surface area contributed by atoms with Gasteiger partial charge in [0.1, 0.15) is 0 Å². The van der Waals surface area contributed by atoms with E-state index >= 15 is 0 Å². The Balaban J connectivity index is 1.00. The fraction of sp³-hybridized carbons (Fsp3) is 0.143. The van der Waals surface area contributed by atoms with Gasteiger partial charge in [0.15, 0.2) is 0 Å². The second-order valence-corrected chi connectivity index (χ2v) is 36.8. The predicted octanol–water partition coefficient (Wildman–Crippen LogP) is 28.9. The molecule has 19 aromatic rings. The molecule has 0 N–H and O–H groups in total. The molecule has 0 bridgehead atoms. The summed E-state index contributed by atoms with van der Waals surface area (Å²) in [7, 11) is 0. The first kappa shape index (κ1) is 71.6. The van der Waals surface area contributed by atoms with Crippen molar-refractivity contribution in [1.82, 2.24) is 8.97 Å². The first-order chi connectivity index (χ1) is 56.6. The van der Waals surface area contributed by atoms with Crippen molar-refractivity contribution in [3.8, 4) is 83.6 Å². The van der Waals surface area contributed by atoms with Crippen molar-refractivity contribution in [2.45, 2.75) is 105 Å². The number of aromatic nitrogens is 2. The molecular weight excluding hydrogens is 1410 g/mol. The van der Waals surface area contributed by atoms with Crippen molar-refractivity contribution in [2.24, 2.45) is 0 Å². The third-order valence-corrected chi connectivity index (χ3v) is 25.4. The second kappa shape index (κ2) is 26.7. The number of nitrogens with zero attached hydrogens (tertiary/aromatic N) is 4. The van der Waals surface area contributed by atoms with Crippen LogP contribution in [0.5, 0.6) is 0 Å². The highest BCUT2D eigenvalue weighted by molar-refractivity contribution is 7.01. The van der Waals surface area contributed by atoms with Gasteiger partial charge < -0.3 is 18.8 Å². The summed E-state index contributed by atoms with van der Waals surface area (Å²) in [6.45, 7) is 28.0. The van der Waals surface area contributed by atoms with Crippen molar-refractivity contribution in [3.63, 3.8) is 0 Å². The van der Waals surface area contributed by atoms with Crippen LogP contribution >= 0.6 is 0 Å². The Labute approximate surface area is 687 Å². The lowest BCUT2D eigenvalue weighted by Crippen LogP contribution is -2.61. The largest absolute Gasteiger partial charge is 0.309 e. The molecule has 4 nitrogen and oxygen atoms in total. The molecule has 5 heterocycles. The highest BCUT2D eigenvalue weighted by atomic mass is 15.2. The number of benzene rings is 16. The average molecular weight is 1510 g/mol. The molecule has 0 unspecified atom stereocenters. The summed E-state index contributed by atoms with van der Waals surface area (Å²) in [6.07, 6.45) is 0. The standard InChI is InChI=1S/C112H93BN4/c1-109(2,3)80-53-58-97-91(63-80)92-64-81(110(4,5)6)54-59-98(92)114(97)84-55-56-93-100(69-84)117(105-88(74-42-26-17-27-43-74)66-83(112(10,11)12)68-90(105)79-47-33-45-76(61-79)71-36-20-14-21-37-71)108-102-86-49-29-31-51-96(86)115-95-50-30-28-48-85(95)101(106(102)115)107-103(108)113(93)94-62-77(72-38-22-15-23-39-72)52-57-99(94)116(107)104-87(73-40-24-16-25-41-73)65-82(111(7,8)9)67-89(104)78-46-32-44-75(60-78)70-34-18-13-19-35-70/h13-69H,1-12H3. The number of fused-ring (bicyclic) bond motifs is 15. The van der Waals surface area contributed by atoms with Gasteiger partial charge in [0.2, 0.25) is 0 Å². The monoisotopic (exact) mass is 1500 g/mol. The molecular formula is C112H93BN4.